The maximum Gasteiger partial charge on any atom is 1.00 e. The fraction of sp³-hybridized carbons (Fsp3) is 0.160. The molecule has 13 rings (SSSR count). The van der Waals surface area contributed by atoms with Crippen molar-refractivity contribution < 1.29 is 754 Å². The minimum atomic E-state index is -1.78. The van der Waals surface area contributed by atoms with E-state index in [1.54, 1.807) is 68.1 Å². The summed E-state index contributed by atoms with van der Waals surface area (Å²) in [5.74, 6) is -20.3. The van der Waals surface area contributed by atoms with Gasteiger partial charge in [0.25, 0.3) is 0 Å². The van der Waals surface area contributed by atoms with E-state index in [2.05, 4.69) is 0 Å². The van der Waals surface area contributed by atoms with Crippen molar-refractivity contribution in [2.45, 2.75) is 78.0 Å². The first kappa shape index (κ1) is 144. The van der Waals surface area contributed by atoms with Crippen LogP contribution >= 0.6 is 0 Å². The summed E-state index contributed by atoms with van der Waals surface area (Å²) in [6, 6.07) is 57.1. The number of rotatable bonds is 40. The van der Waals surface area contributed by atoms with Crippen molar-refractivity contribution in [2.75, 3.05) is 46.0 Å². The van der Waals surface area contributed by atoms with Crippen LogP contribution in [0.15, 0.2) is 243 Å². The number of carboxylic acid groups (broad SMARTS) is 12. The predicted octanol–water partition coefficient (Wildman–Crippen LogP) is -37.3. The molecule has 0 N–H and O–H groups in total. The number of fused-ring (bicyclic) bond motifs is 8. The average molecular weight is 2250 g/mol. The molecule has 8 bridgehead atoms. The van der Waals surface area contributed by atoms with Gasteiger partial charge >= 0.3 is 617 Å². The van der Waals surface area contributed by atoms with Crippen molar-refractivity contribution in [2.24, 2.45) is 0 Å². The minimum Gasteiger partial charge on any atom is -0.546 e. The number of anilines is 4. The molecule has 0 saturated carbocycles. The number of nitrogens with zero attached hydrogens (tertiary/aromatic N) is 4. The quantitative estimate of drug-likeness (QED) is 0.0322. The molecule has 0 heterocycles. The number of carbonyl (C=O) groups excluding carboxylic acids is 12. The summed E-state index contributed by atoms with van der Waals surface area (Å²) in [5.41, 5.74) is 2.73. The van der Waals surface area contributed by atoms with Crippen LogP contribution in [0.5, 0.6) is 23.0 Å². The predicted molar refractivity (Wildman–Crippen MR) is 445 cm³/mol. The Hall–Kier alpha value is 2.32. The first-order valence-corrected chi connectivity index (χ1v) is 40.6. The number of ether oxygens (including phenoxy) is 4. The molecular formula is C100H72K12N4O28. The second-order valence-electron chi connectivity index (χ2n) is 31.0. The summed E-state index contributed by atoms with van der Waals surface area (Å²) in [6.45, 7) is -6.10. The third-order valence-corrected chi connectivity index (χ3v) is 21.7. The Balaban J connectivity index is 0.00000864. The molecule has 0 unspecified atom stereocenters. The van der Waals surface area contributed by atoms with Gasteiger partial charge in [-0.2, -0.15) is 0 Å². The molecular weight excluding hydrogens is 2170 g/mol. The summed E-state index contributed by atoms with van der Waals surface area (Å²) >= 11 is 0. The number of hydrogen-bond donors (Lipinski definition) is 0. The van der Waals surface area contributed by atoms with Crippen molar-refractivity contribution in [3.63, 3.8) is 0 Å². The maximum atomic E-state index is 13.3. The molecule has 0 aliphatic heterocycles. The summed E-state index contributed by atoms with van der Waals surface area (Å²) < 4.78 is 26.1. The monoisotopic (exact) mass is 2240 g/mol. The van der Waals surface area contributed by atoms with Gasteiger partial charge in [-0.3, -0.25) is 0 Å². The van der Waals surface area contributed by atoms with Gasteiger partial charge in [0.15, 0.2) is 0 Å². The smallest absolute Gasteiger partial charge is 0.546 e. The third-order valence-electron chi connectivity index (χ3n) is 21.7. The van der Waals surface area contributed by atoms with Gasteiger partial charge in [0.05, 0.1) is 71.6 Å². The van der Waals surface area contributed by atoms with Crippen LogP contribution in [0.2, 0.25) is 0 Å². The van der Waals surface area contributed by atoms with Crippen LogP contribution in [0.3, 0.4) is 0 Å². The SMILES string of the molecule is O=C([O-])COc1c2cc(N(Cc3ccc(C(=O)[O-])cc3)Cc3ccc(C(=O)[O-])cc3)cc1Cc1cc(N(Cc3ccc(C(=O)[O-])cc3)Cc3ccc(C(=O)[O-])cc3)cc(c1OCC(=O)[O-])Cc1cc(N(Cc3ccc(C(=O)[O-])cc3)Cc3ccc(C(=O)[O-])cc3)cc(c1OCC(=O)[O-])Cc1cc(N(Cc3ccc(C(=O)[O-])cc3)Cc3ccc(C(=O)[O-])cc3)cc(c1OCC(=O)[O-])C2.[K+].[K+].[K+].[K+].[K+].[K+].[K+].[K+].[K+].[K+].[K+].[K+]. The Morgan fingerprint density at radius 3 is 0.375 bits per heavy atom. The Morgan fingerprint density at radius 1 is 0.181 bits per heavy atom. The Kier molecular flexibility index (Phi) is 71.3. The molecule has 0 amide bonds. The van der Waals surface area contributed by atoms with Crippen LogP contribution in [-0.2, 0) is 97.2 Å². The zero-order chi connectivity index (χ0) is 94.1. The fourth-order valence-corrected chi connectivity index (χ4v) is 15.5. The number of carbonyl (C=O) groups is 12. The van der Waals surface area contributed by atoms with E-state index in [0.717, 1.165) is 0 Å². The summed E-state index contributed by atoms with van der Waals surface area (Å²) in [7, 11) is 0. The second-order valence-corrected chi connectivity index (χ2v) is 31.0. The third kappa shape index (κ3) is 43.1. The molecule has 0 saturated heterocycles. The minimum absolute atomic E-state index is 0. The van der Waals surface area contributed by atoms with Crippen LogP contribution in [0.4, 0.5) is 22.7 Å². The van der Waals surface area contributed by atoms with Gasteiger partial charge in [-0.05, 0) is 138 Å². The Morgan fingerprint density at radius 2 is 0.285 bits per heavy atom. The number of hydrogen-bond acceptors (Lipinski definition) is 32. The molecule has 1 aliphatic carbocycles. The van der Waals surface area contributed by atoms with Crippen LogP contribution in [0.25, 0.3) is 0 Å². The van der Waals surface area contributed by atoms with Gasteiger partial charge in [-0.25, -0.2) is 0 Å². The van der Waals surface area contributed by atoms with Crippen molar-refractivity contribution in [3.8, 4) is 23.0 Å². The van der Waals surface area contributed by atoms with E-state index < -0.39 is 124 Å². The van der Waals surface area contributed by atoms with E-state index in [4.69, 9.17) is 18.9 Å². The first-order chi connectivity index (χ1) is 63.2. The molecule has 12 aromatic rings. The van der Waals surface area contributed by atoms with Gasteiger partial charge in [0, 0.05) is 145 Å². The Bertz CT molecular complexity index is 5370. The second kappa shape index (κ2) is 71.1. The van der Waals surface area contributed by atoms with E-state index in [1.165, 1.54) is 194 Å². The van der Waals surface area contributed by atoms with Crippen molar-refractivity contribution >= 4 is 94.4 Å². The standard InChI is InChI=1S/C100H84N4O28.12K/c105-85(106)53-129-89-73-33-75-39-82(102(47-59-5-21-67(22-6-59)95(117)118)48-60-7-23-68(24-8-60)96(119)120)41-77(90(75)130-54-86(107)108)35-79-43-84(104(51-63-13-29-71(30-14-63)99(125)126)52-64-15-31-72(32-16-64)100(127)128)44-80(92(79)132-56-88(111)112)36-78-42-83(103(49-61-9-25-69(26-10-61)97(121)122)50-62-11-27-70(28-12-62)98(123)124)40-76(91(78)131-55-87(109)110)34-74(89)38-81(37-73)101(45-57-1-17-65(18-2-57)93(113)114)46-58-3-19-66(20-4-58)94(115)116;;;;;;;;;;;;/h1-32,37-44H,33-36,45-56H2,(H,105,106)(H,107,108)(H,109,110)(H,111,112)(H,113,114)(H,115,116)(H,117,118)(H,119,120)(H,121,122)(H,123,124)(H,125,126)(H,127,128);;;;;;;;;;;;/q;12*+1/p-12. The topological polar surface area (TPSA) is 531 Å². The zero-order valence-corrected chi connectivity index (χ0v) is 119. The van der Waals surface area contributed by atoms with Crippen molar-refractivity contribution in [3.05, 3.63) is 376 Å². The first-order valence-electron chi connectivity index (χ1n) is 40.6. The molecule has 32 nitrogen and oxygen atoms in total. The molecule has 672 valence electrons. The Labute approximate surface area is 1340 Å². The maximum absolute atomic E-state index is 13.3. The summed E-state index contributed by atoms with van der Waals surface area (Å²) in [6.07, 6.45) is -2.24. The molecule has 0 spiro atoms. The summed E-state index contributed by atoms with van der Waals surface area (Å²) in [5, 5.41) is 152. The molecule has 0 atom stereocenters. The van der Waals surface area contributed by atoms with E-state index in [0.29, 0.717) is 44.5 Å². The number of benzene rings is 12. The van der Waals surface area contributed by atoms with Crippen molar-refractivity contribution in [1.82, 2.24) is 0 Å². The fourth-order valence-electron chi connectivity index (χ4n) is 15.5. The number of carboxylic acids is 12. The van der Waals surface area contributed by atoms with Gasteiger partial charge < -0.3 is 157 Å². The van der Waals surface area contributed by atoms with Gasteiger partial charge in [-0.1, -0.05) is 194 Å². The molecule has 144 heavy (non-hydrogen) atoms. The van der Waals surface area contributed by atoms with E-state index >= 15 is 0 Å². The van der Waals surface area contributed by atoms with Gasteiger partial charge in [-0.15, -0.1) is 0 Å². The van der Waals surface area contributed by atoms with Crippen LogP contribution in [0.1, 0.15) is 172 Å². The normalized spacial score (nSPS) is 10.4. The largest absolute Gasteiger partial charge is 1.00 e. The van der Waals surface area contributed by atoms with E-state index in [-0.39, 0.29) is 804 Å². The van der Waals surface area contributed by atoms with E-state index in [1.807, 2.05) is 0 Å². The molecule has 0 aromatic heterocycles. The van der Waals surface area contributed by atoms with Crippen LogP contribution in [0, 0.1) is 0 Å². The van der Waals surface area contributed by atoms with Gasteiger partial charge in [0.1, 0.15) is 49.4 Å². The molecule has 0 fully saturated rings. The number of aliphatic carboxylic acids is 4. The van der Waals surface area contributed by atoms with Crippen LogP contribution in [-0.4, -0.2) is 98.1 Å². The molecule has 12 aromatic carbocycles. The zero-order valence-electron chi connectivity index (χ0n) is 81.6. The van der Waals surface area contributed by atoms with E-state index in [9.17, 15) is 119 Å². The van der Waals surface area contributed by atoms with Crippen molar-refractivity contribution in [1.29, 1.82) is 0 Å². The van der Waals surface area contributed by atoms with Gasteiger partial charge in [0.2, 0.25) is 0 Å². The average Bonchev–Trinajstić information content (AvgIpc) is 0.758. The number of aromatic carboxylic acids is 8. The molecule has 0 radical (unpaired) electrons. The molecule has 1 aliphatic rings. The van der Waals surface area contributed by atoms with Crippen LogP contribution < -0.4 is 716 Å². The molecule has 44 heteroatoms. The summed E-state index contributed by atoms with van der Waals surface area (Å²) in [4.78, 5) is 159.